The van der Waals surface area contributed by atoms with Crippen LogP contribution in [0.2, 0.25) is 0 Å². The number of hydrogen-bond acceptors (Lipinski definition) is 4. The SMILES string of the molecule is COC(=O)[C@H]1[C@H]2CC[C@@H](C2)[C@H]1NC(=O)CN1CCCNC1=O. The third kappa shape index (κ3) is 2.76. The van der Waals surface area contributed by atoms with Crippen LogP contribution in [-0.4, -0.2) is 55.6 Å². The van der Waals surface area contributed by atoms with Crippen LogP contribution in [0.15, 0.2) is 0 Å². The number of nitrogens with zero attached hydrogens (tertiary/aromatic N) is 1. The summed E-state index contributed by atoms with van der Waals surface area (Å²) < 4.78 is 4.90. The van der Waals surface area contributed by atoms with Gasteiger partial charge in [-0.25, -0.2) is 4.79 Å². The summed E-state index contributed by atoms with van der Waals surface area (Å²) in [4.78, 5) is 37.4. The molecular formula is C15H23N3O4. The van der Waals surface area contributed by atoms with Crippen LogP contribution in [0.3, 0.4) is 0 Å². The Morgan fingerprint density at radius 2 is 2.14 bits per heavy atom. The first-order valence-corrected chi connectivity index (χ1v) is 8.00. The third-order valence-corrected chi connectivity index (χ3v) is 5.22. The fraction of sp³-hybridized carbons (Fsp3) is 0.800. The maximum absolute atomic E-state index is 12.3. The van der Waals surface area contributed by atoms with E-state index in [0.29, 0.717) is 24.9 Å². The summed E-state index contributed by atoms with van der Waals surface area (Å²) in [5.41, 5.74) is 0. The van der Waals surface area contributed by atoms with Crippen molar-refractivity contribution in [2.45, 2.75) is 31.7 Å². The zero-order valence-electron chi connectivity index (χ0n) is 12.8. The molecule has 1 saturated heterocycles. The van der Waals surface area contributed by atoms with Crippen molar-refractivity contribution in [2.75, 3.05) is 26.7 Å². The second kappa shape index (κ2) is 6.14. The average Bonchev–Trinajstić information content (AvgIpc) is 3.10. The van der Waals surface area contributed by atoms with Crippen molar-refractivity contribution < 1.29 is 19.1 Å². The summed E-state index contributed by atoms with van der Waals surface area (Å²) in [6.07, 6.45) is 3.91. The predicted molar refractivity (Wildman–Crippen MR) is 77.9 cm³/mol. The summed E-state index contributed by atoms with van der Waals surface area (Å²) >= 11 is 0. The first kappa shape index (κ1) is 15.1. The highest BCUT2D eigenvalue weighted by molar-refractivity contribution is 5.85. The molecule has 0 unspecified atom stereocenters. The van der Waals surface area contributed by atoms with Crippen molar-refractivity contribution in [1.82, 2.24) is 15.5 Å². The largest absolute Gasteiger partial charge is 0.469 e. The molecule has 2 N–H and O–H groups in total. The van der Waals surface area contributed by atoms with E-state index in [1.165, 1.54) is 12.0 Å². The number of fused-ring (bicyclic) bond motifs is 2. The van der Waals surface area contributed by atoms with Crippen LogP contribution in [-0.2, 0) is 14.3 Å². The molecule has 0 aromatic carbocycles. The smallest absolute Gasteiger partial charge is 0.317 e. The van der Waals surface area contributed by atoms with Gasteiger partial charge in [-0.1, -0.05) is 0 Å². The van der Waals surface area contributed by atoms with E-state index in [2.05, 4.69) is 10.6 Å². The van der Waals surface area contributed by atoms with Crippen molar-refractivity contribution in [3.63, 3.8) is 0 Å². The van der Waals surface area contributed by atoms with Crippen LogP contribution in [0.1, 0.15) is 25.7 Å². The van der Waals surface area contributed by atoms with Gasteiger partial charge in [-0.3, -0.25) is 9.59 Å². The zero-order valence-corrected chi connectivity index (χ0v) is 12.8. The van der Waals surface area contributed by atoms with E-state index in [-0.39, 0.29) is 36.4 Å². The molecule has 2 saturated carbocycles. The van der Waals surface area contributed by atoms with Gasteiger partial charge in [-0.05, 0) is 37.5 Å². The number of amides is 3. The quantitative estimate of drug-likeness (QED) is 0.721. The first-order chi connectivity index (χ1) is 10.6. The lowest BCUT2D eigenvalue weighted by Gasteiger charge is -2.31. The molecular weight excluding hydrogens is 286 g/mol. The molecule has 3 rings (SSSR count). The molecule has 2 bridgehead atoms. The summed E-state index contributed by atoms with van der Waals surface area (Å²) in [7, 11) is 1.39. The van der Waals surface area contributed by atoms with E-state index in [0.717, 1.165) is 25.7 Å². The van der Waals surface area contributed by atoms with Gasteiger partial charge in [0.25, 0.3) is 0 Å². The Kier molecular flexibility index (Phi) is 4.22. The Morgan fingerprint density at radius 1 is 1.36 bits per heavy atom. The number of nitrogens with one attached hydrogen (secondary N) is 2. The van der Waals surface area contributed by atoms with Crippen molar-refractivity contribution in [3.8, 4) is 0 Å². The number of carbonyl (C=O) groups is 3. The Bertz CT molecular complexity index is 481. The Labute approximate surface area is 129 Å². The zero-order chi connectivity index (χ0) is 15.7. The second-order valence-corrected chi connectivity index (χ2v) is 6.48. The first-order valence-electron chi connectivity index (χ1n) is 8.00. The molecule has 22 heavy (non-hydrogen) atoms. The van der Waals surface area contributed by atoms with Gasteiger partial charge in [0.2, 0.25) is 5.91 Å². The number of carbonyl (C=O) groups excluding carboxylic acids is 3. The van der Waals surface area contributed by atoms with Crippen molar-refractivity contribution in [1.29, 1.82) is 0 Å². The van der Waals surface area contributed by atoms with Gasteiger partial charge in [-0.2, -0.15) is 0 Å². The van der Waals surface area contributed by atoms with Gasteiger partial charge < -0.3 is 20.3 Å². The van der Waals surface area contributed by atoms with Gasteiger partial charge in [0.15, 0.2) is 0 Å². The third-order valence-electron chi connectivity index (χ3n) is 5.22. The van der Waals surface area contributed by atoms with Crippen LogP contribution in [0.4, 0.5) is 4.79 Å². The number of methoxy groups -OCH3 is 1. The van der Waals surface area contributed by atoms with E-state index in [4.69, 9.17) is 4.74 Å². The van der Waals surface area contributed by atoms with E-state index in [1.807, 2.05) is 0 Å². The van der Waals surface area contributed by atoms with E-state index >= 15 is 0 Å². The molecule has 3 fully saturated rings. The van der Waals surface area contributed by atoms with Crippen LogP contribution in [0, 0.1) is 17.8 Å². The highest BCUT2D eigenvalue weighted by Crippen LogP contribution is 2.48. The van der Waals surface area contributed by atoms with E-state index in [9.17, 15) is 14.4 Å². The lowest BCUT2D eigenvalue weighted by atomic mass is 9.84. The molecule has 7 nitrogen and oxygen atoms in total. The average molecular weight is 309 g/mol. The number of rotatable bonds is 4. The Balaban J connectivity index is 1.60. The molecule has 1 heterocycles. The standard InChI is InChI=1S/C15H23N3O4/c1-22-14(20)12-9-3-4-10(7-9)13(12)17-11(19)8-18-6-2-5-16-15(18)21/h9-10,12-13H,2-8H2,1H3,(H,16,21)(H,17,19)/t9-,10-,12-,13+/m0/s1. The lowest BCUT2D eigenvalue weighted by Crippen LogP contribution is -2.53. The van der Waals surface area contributed by atoms with Gasteiger partial charge in [0.1, 0.15) is 6.54 Å². The fourth-order valence-electron chi connectivity index (χ4n) is 4.21. The van der Waals surface area contributed by atoms with Gasteiger partial charge in [-0.15, -0.1) is 0 Å². The lowest BCUT2D eigenvalue weighted by molar-refractivity contribution is -0.148. The second-order valence-electron chi connectivity index (χ2n) is 6.48. The Morgan fingerprint density at radius 3 is 2.86 bits per heavy atom. The van der Waals surface area contributed by atoms with Crippen LogP contribution in [0.5, 0.6) is 0 Å². The molecule has 0 aromatic rings. The summed E-state index contributed by atoms with van der Waals surface area (Å²) in [6, 6.07) is -0.342. The number of urea groups is 1. The minimum absolute atomic E-state index is 0.0492. The fourth-order valence-corrected chi connectivity index (χ4v) is 4.21. The molecule has 122 valence electrons. The van der Waals surface area contributed by atoms with E-state index < -0.39 is 0 Å². The monoisotopic (exact) mass is 309 g/mol. The summed E-state index contributed by atoms with van der Waals surface area (Å²) in [5.74, 6) is 0.0221. The molecule has 1 aliphatic heterocycles. The minimum atomic E-state index is -0.233. The van der Waals surface area contributed by atoms with Crippen molar-refractivity contribution >= 4 is 17.9 Å². The summed E-state index contributed by atoms with van der Waals surface area (Å²) in [6.45, 7) is 1.30. The molecule has 0 radical (unpaired) electrons. The highest BCUT2D eigenvalue weighted by atomic mass is 16.5. The molecule has 7 heteroatoms. The van der Waals surface area contributed by atoms with Gasteiger partial charge in [0.05, 0.1) is 13.0 Å². The number of ether oxygens (including phenoxy) is 1. The van der Waals surface area contributed by atoms with Crippen LogP contribution >= 0.6 is 0 Å². The minimum Gasteiger partial charge on any atom is -0.469 e. The molecule has 0 spiro atoms. The van der Waals surface area contributed by atoms with Crippen LogP contribution in [0.25, 0.3) is 0 Å². The molecule has 2 aliphatic carbocycles. The molecule has 0 aromatic heterocycles. The number of esters is 1. The van der Waals surface area contributed by atoms with Crippen molar-refractivity contribution in [3.05, 3.63) is 0 Å². The maximum Gasteiger partial charge on any atom is 0.317 e. The highest BCUT2D eigenvalue weighted by Gasteiger charge is 2.52. The topological polar surface area (TPSA) is 87.7 Å². The van der Waals surface area contributed by atoms with E-state index in [1.54, 1.807) is 0 Å². The van der Waals surface area contributed by atoms with Crippen LogP contribution < -0.4 is 10.6 Å². The maximum atomic E-state index is 12.3. The Hall–Kier alpha value is -1.79. The molecule has 4 atom stereocenters. The summed E-state index contributed by atoms with van der Waals surface area (Å²) in [5, 5.41) is 5.71. The predicted octanol–water partition coefficient (Wildman–Crippen LogP) is 0.106. The number of hydrogen-bond donors (Lipinski definition) is 2. The van der Waals surface area contributed by atoms with Gasteiger partial charge >= 0.3 is 12.0 Å². The molecule has 3 aliphatic rings. The normalized spacial score (nSPS) is 33.5. The molecule has 3 amide bonds. The van der Waals surface area contributed by atoms with Gasteiger partial charge in [0, 0.05) is 19.1 Å². The van der Waals surface area contributed by atoms with Crippen molar-refractivity contribution in [2.24, 2.45) is 17.8 Å².